The van der Waals surface area contributed by atoms with E-state index in [0.717, 1.165) is 38.6 Å². The maximum atomic E-state index is 13.0. The molecular formula is C25H28N4O2S2. The first kappa shape index (κ1) is 23.6. The van der Waals surface area contributed by atoms with E-state index in [1.807, 2.05) is 50.4 Å². The van der Waals surface area contributed by atoms with Gasteiger partial charge in [0.2, 0.25) is 23.2 Å². The molecule has 3 aromatic rings. The average Bonchev–Trinajstić information content (AvgIpc) is 2.92. The molecule has 1 atom stereocenters. The maximum absolute atomic E-state index is 13.0. The molecule has 0 saturated heterocycles. The van der Waals surface area contributed by atoms with Crippen LogP contribution in [0.15, 0.2) is 46.5 Å². The number of benzene rings is 2. The van der Waals surface area contributed by atoms with Crippen LogP contribution in [0.2, 0.25) is 0 Å². The molecule has 0 saturated carbocycles. The second-order valence-corrected chi connectivity index (χ2v) is 10.4. The van der Waals surface area contributed by atoms with Gasteiger partial charge in [-0.25, -0.2) is 0 Å². The zero-order valence-corrected chi connectivity index (χ0v) is 21.4. The Labute approximate surface area is 203 Å². The molecule has 0 unspecified atom stereocenters. The highest BCUT2D eigenvalue weighted by atomic mass is 32.2. The van der Waals surface area contributed by atoms with Crippen molar-refractivity contribution in [3.63, 3.8) is 0 Å². The summed E-state index contributed by atoms with van der Waals surface area (Å²) >= 11 is 3.23. The number of hydrogen-bond acceptors (Lipinski definition) is 7. The molecule has 2 aromatic carbocycles. The molecule has 0 aliphatic carbocycles. The lowest BCUT2D eigenvalue weighted by molar-refractivity contribution is -0.118. The van der Waals surface area contributed by atoms with Gasteiger partial charge < -0.3 is 4.74 Å². The number of hydrogen-bond donors (Lipinski definition) is 0. The Kier molecular flexibility index (Phi) is 6.95. The van der Waals surface area contributed by atoms with Crippen molar-refractivity contribution >= 4 is 35.1 Å². The second kappa shape index (κ2) is 9.73. The number of fused-ring (bicyclic) bond motifs is 3. The van der Waals surface area contributed by atoms with Gasteiger partial charge in [-0.3, -0.25) is 9.69 Å². The lowest BCUT2D eigenvalue weighted by Crippen LogP contribution is -2.36. The molecule has 1 aliphatic heterocycles. The van der Waals surface area contributed by atoms with Gasteiger partial charge in [0.1, 0.15) is 0 Å². The molecule has 33 heavy (non-hydrogen) atoms. The molecule has 0 radical (unpaired) electrons. The van der Waals surface area contributed by atoms with Gasteiger partial charge in [-0.1, -0.05) is 49.4 Å². The quantitative estimate of drug-likeness (QED) is 0.411. The van der Waals surface area contributed by atoms with Gasteiger partial charge in [0.05, 0.1) is 5.69 Å². The fourth-order valence-corrected chi connectivity index (χ4v) is 5.03. The van der Waals surface area contributed by atoms with Gasteiger partial charge in [-0.2, -0.15) is 4.98 Å². The van der Waals surface area contributed by atoms with Crippen molar-refractivity contribution in [3.8, 4) is 17.1 Å². The molecule has 0 bridgehead atoms. The van der Waals surface area contributed by atoms with E-state index in [2.05, 4.69) is 30.1 Å². The summed E-state index contributed by atoms with van der Waals surface area (Å²) < 4.78 is 6.49. The van der Waals surface area contributed by atoms with Crippen molar-refractivity contribution in [2.45, 2.75) is 50.9 Å². The topological polar surface area (TPSA) is 68.2 Å². The predicted octanol–water partition coefficient (Wildman–Crippen LogP) is 6.07. The van der Waals surface area contributed by atoms with E-state index in [9.17, 15) is 4.79 Å². The minimum absolute atomic E-state index is 0.114. The van der Waals surface area contributed by atoms with Gasteiger partial charge in [-0.15, -0.1) is 22.0 Å². The van der Waals surface area contributed by atoms with E-state index < -0.39 is 6.23 Å². The van der Waals surface area contributed by atoms with Crippen LogP contribution in [0, 0.1) is 19.8 Å². The normalized spacial score (nSPS) is 15.0. The van der Waals surface area contributed by atoms with Crippen LogP contribution in [0.5, 0.6) is 5.88 Å². The molecule has 1 aliphatic rings. The largest absolute Gasteiger partial charge is 0.447 e. The van der Waals surface area contributed by atoms with Crippen LogP contribution in [0.25, 0.3) is 11.3 Å². The van der Waals surface area contributed by atoms with Gasteiger partial charge in [0.25, 0.3) is 0 Å². The van der Waals surface area contributed by atoms with Crippen molar-refractivity contribution in [1.29, 1.82) is 0 Å². The Morgan fingerprint density at radius 2 is 1.88 bits per heavy atom. The van der Waals surface area contributed by atoms with Gasteiger partial charge >= 0.3 is 0 Å². The van der Waals surface area contributed by atoms with Gasteiger partial charge in [0.15, 0.2) is 5.69 Å². The van der Waals surface area contributed by atoms with E-state index in [4.69, 9.17) is 9.72 Å². The lowest BCUT2D eigenvalue weighted by atomic mass is 10.00. The van der Waals surface area contributed by atoms with Crippen LogP contribution in [-0.2, 0) is 4.79 Å². The number of thioether (sulfide) groups is 2. The monoisotopic (exact) mass is 480 g/mol. The highest BCUT2D eigenvalue weighted by Gasteiger charge is 2.35. The van der Waals surface area contributed by atoms with Gasteiger partial charge in [0, 0.05) is 28.7 Å². The summed E-state index contributed by atoms with van der Waals surface area (Å²) in [7, 11) is 0. The summed E-state index contributed by atoms with van der Waals surface area (Å²) in [4.78, 5) is 20.6. The summed E-state index contributed by atoms with van der Waals surface area (Å²) in [6, 6.07) is 12.2. The summed E-state index contributed by atoms with van der Waals surface area (Å²) in [6.45, 7) is 9.91. The number of amides is 1. The molecule has 172 valence electrons. The molecule has 0 N–H and O–H groups in total. The fraction of sp³-hybridized carbons (Fsp3) is 0.360. The van der Waals surface area contributed by atoms with E-state index in [-0.39, 0.29) is 5.91 Å². The summed E-state index contributed by atoms with van der Waals surface area (Å²) in [5.41, 5.74) is 5.06. The summed E-state index contributed by atoms with van der Waals surface area (Å²) in [5, 5.41) is 9.47. The first-order valence-corrected chi connectivity index (χ1v) is 13.1. The molecule has 6 nitrogen and oxygen atoms in total. The molecule has 0 fully saturated rings. The Balaban J connectivity index is 1.92. The zero-order valence-electron chi connectivity index (χ0n) is 19.7. The molecule has 2 heterocycles. The smallest absolute Gasteiger partial charge is 0.247 e. The van der Waals surface area contributed by atoms with Crippen molar-refractivity contribution in [2.24, 2.45) is 5.92 Å². The third-order valence-electron chi connectivity index (χ3n) is 5.32. The maximum Gasteiger partial charge on any atom is 0.247 e. The molecule has 8 heteroatoms. The number of rotatable bonds is 5. The number of aromatic nitrogens is 3. The van der Waals surface area contributed by atoms with Crippen molar-refractivity contribution < 1.29 is 9.53 Å². The molecule has 1 aromatic heterocycles. The van der Waals surface area contributed by atoms with E-state index in [0.29, 0.717) is 22.6 Å². The zero-order chi connectivity index (χ0) is 23.7. The van der Waals surface area contributed by atoms with Crippen LogP contribution in [-0.4, -0.2) is 33.1 Å². The van der Waals surface area contributed by atoms with Crippen LogP contribution < -0.4 is 9.64 Å². The van der Waals surface area contributed by atoms with Crippen molar-refractivity contribution in [2.75, 3.05) is 16.9 Å². The second-order valence-electron chi connectivity index (χ2n) is 8.56. The van der Waals surface area contributed by atoms with Crippen molar-refractivity contribution in [1.82, 2.24) is 15.2 Å². The van der Waals surface area contributed by atoms with Gasteiger partial charge in [-0.05, 0) is 49.8 Å². The lowest BCUT2D eigenvalue weighted by Gasteiger charge is -2.31. The summed E-state index contributed by atoms with van der Waals surface area (Å²) in [5.74, 6) is 1.66. The third-order valence-corrected chi connectivity index (χ3v) is 7.33. The Morgan fingerprint density at radius 3 is 2.52 bits per heavy atom. The number of nitrogens with zero attached hydrogens (tertiary/aromatic N) is 4. The highest BCUT2D eigenvalue weighted by Crippen LogP contribution is 2.45. The van der Waals surface area contributed by atoms with Crippen LogP contribution >= 0.6 is 23.5 Å². The first-order valence-electron chi connectivity index (χ1n) is 10.9. The highest BCUT2D eigenvalue weighted by molar-refractivity contribution is 7.99. The minimum atomic E-state index is -0.667. The third kappa shape index (κ3) is 4.87. The minimum Gasteiger partial charge on any atom is -0.447 e. The fourth-order valence-electron chi connectivity index (χ4n) is 3.90. The number of ether oxygens (including phenoxy) is 1. The van der Waals surface area contributed by atoms with Crippen molar-refractivity contribution in [3.05, 3.63) is 53.1 Å². The van der Waals surface area contributed by atoms with Crippen LogP contribution in [0.4, 0.5) is 5.69 Å². The number of carbonyl (C=O) groups is 1. The number of carbonyl (C=O) groups excluding carboxylic acids is 1. The standard InChI is InChI=1S/C25H28N4O2S2/c1-14(2)13-33-25-26-23-21(27-28-25)20-12-15(3)11-16(4)22(20)29(17(5)30)24(31-23)18-7-9-19(32-6)10-8-18/h7-12,14,24H,13H2,1-6H3/t24-/m0/s1. The Bertz CT molecular complexity index is 1180. The number of aryl methyl sites for hydroxylation is 2. The van der Waals surface area contributed by atoms with Crippen LogP contribution in [0.1, 0.15) is 43.7 Å². The first-order chi connectivity index (χ1) is 15.8. The average molecular weight is 481 g/mol. The van der Waals surface area contributed by atoms with E-state index >= 15 is 0 Å². The molecule has 1 amide bonds. The molecule has 4 rings (SSSR count). The Morgan fingerprint density at radius 1 is 1.15 bits per heavy atom. The van der Waals surface area contributed by atoms with Crippen LogP contribution in [0.3, 0.4) is 0 Å². The Hall–Kier alpha value is -2.58. The van der Waals surface area contributed by atoms with E-state index in [1.165, 1.54) is 0 Å². The molecule has 0 spiro atoms. The summed E-state index contributed by atoms with van der Waals surface area (Å²) in [6.07, 6.45) is 1.37. The number of anilines is 1. The predicted molar refractivity (Wildman–Crippen MR) is 135 cm³/mol. The SMILES string of the molecule is CSc1ccc([C@@H]2Oc3nc(SCC(C)C)nnc3-c3cc(C)cc(C)c3N2C(C)=O)cc1. The van der Waals surface area contributed by atoms with E-state index in [1.54, 1.807) is 35.3 Å². The molecular weight excluding hydrogens is 452 g/mol.